The highest BCUT2D eigenvalue weighted by Crippen LogP contribution is 2.21. The third-order valence-electron chi connectivity index (χ3n) is 4.63. The number of nitrogens with zero attached hydrogens (tertiary/aromatic N) is 3. The van der Waals surface area contributed by atoms with Crippen LogP contribution < -0.4 is 5.64 Å². The van der Waals surface area contributed by atoms with E-state index in [9.17, 15) is 9.18 Å². The Morgan fingerprint density at radius 1 is 1.22 bits per heavy atom. The van der Waals surface area contributed by atoms with Gasteiger partial charge >= 0.3 is 0 Å². The van der Waals surface area contributed by atoms with Gasteiger partial charge in [-0.3, -0.25) is 9.68 Å². The fourth-order valence-corrected chi connectivity index (χ4v) is 3.21. The molecule has 1 aromatic heterocycles. The summed E-state index contributed by atoms with van der Waals surface area (Å²) < 4.78 is 26.0. The van der Waals surface area contributed by atoms with Crippen molar-refractivity contribution in [2.24, 2.45) is 0 Å². The number of thiol groups is 1. The standard InChI is InChI=1S/C21H26FN3OS.C5H11NO4/c1-6-7-15(4)10-16(14(2)3)11-21-23-20(13-26-5)24-25(21)19-9-8-17(27)12-18(19)22;1-8-6-10-5-4-9-3-2-7/h6-10,12,27H,11,13H2,1-5H3;2,6H,3-5H2,1H3/b7-6-,15-10-;. The Morgan fingerprint density at radius 2 is 1.97 bits per heavy atom. The molecule has 0 spiro atoms. The number of ether oxygens (including phenoxy) is 2. The molecule has 2 aromatic rings. The molecule has 0 bridgehead atoms. The minimum atomic E-state index is -0.392. The van der Waals surface area contributed by atoms with Crippen molar-refractivity contribution in [1.29, 1.82) is 0 Å². The van der Waals surface area contributed by atoms with Gasteiger partial charge in [0, 0.05) is 18.4 Å². The highest BCUT2D eigenvalue weighted by Gasteiger charge is 2.16. The molecule has 0 unspecified atom stereocenters. The summed E-state index contributed by atoms with van der Waals surface area (Å²) in [4.78, 5) is 23.8. The zero-order valence-electron chi connectivity index (χ0n) is 22.3. The van der Waals surface area contributed by atoms with Crippen molar-refractivity contribution in [3.63, 3.8) is 0 Å². The lowest BCUT2D eigenvalue weighted by Crippen LogP contribution is -2.16. The molecule has 2 rings (SSSR count). The van der Waals surface area contributed by atoms with Gasteiger partial charge in [-0.25, -0.2) is 14.1 Å². The summed E-state index contributed by atoms with van der Waals surface area (Å²) in [5, 5.41) is 4.45. The molecule has 1 heterocycles. The minimum Gasteiger partial charge on any atom is -0.377 e. The molecule has 0 saturated heterocycles. The first kappa shape index (κ1) is 32.4. The van der Waals surface area contributed by atoms with Crippen LogP contribution in [0.15, 0.2) is 58.0 Å². The van der Waals surface area contributed by atoms with Crippen LogP contribution in [0.25, 0.3) is 5.69 Å². The zero-order chi connectivity index (χ0) is 27.6. The summed E-state index contributed by atoms with van der Waals surface area (Å²) in [7, 11) is 3.02. The molecular weight excluding hydrogens is 499 g/mol. The highest BCUT2D eigenvalue weighted by molar-refractivity contribution is 7.80. The highest BCUT2D eigenvalue weighted by atomic mass is 32.1. The number of hydrogen-bond acceptors (Lipinski definition) is 9. The molecule has 0 radical (unpaired) electrons. The second-order valence-electron chi connectivity index (χ2n) is 7.89. The fourth-order valence-electron chi connectivity index (χ4n) is 3.02. The SMILES string of the molecule is C/C=C\C(C)=C/C(Cc1nc(COC)nn1-c1ccc(S)cc1F)=C(C)C.CONOCCOCC=O. The van der Waals surface area contributed by atoms with E-state index in [4.69, 9.17) is 9.47 Å². The first-order valence-electron chi connectivity index (χ1n) is 11.6. The van der Waals surface area contributed by atoms with Crippen LogP contribution in [-0.2, 0) is 37.0 Å². The van der Waals surface area contributed by atoms with Crippen LogP contribution in [0.2, 0.25) is 0 Å². The van der Waals surface area contributed by atoms with E-state index < -0.39 is 5.82 Å². The van der Waals surface area contributed by atoms with Crippen LogP contribution in [0, 0.1) is 5.82 Å². The molecule has 11 heteroatoms. The average Bonchev–Trinajstić information content (AvgIpc) is 3.23. The van der Waals surface area contributed by atoms with Gasteiger partial charge in [0.05, 0.1) is 20.3 Å². The second-order valence-corrected chi connectivity index (χ2v) is 8.41. The molecule has 1 N–H and O–H groups in total. The summed E-state index contributed by atoms with van der Waals surface area (Å²) in [5.74, 6) is 0.787. The van der Waals surface area contributed by atoms with Gasteiger partial charge in [0.15, 0.2) is 5.82 Å². The van der Waals surface area contributed by atoms with Crippen molar-refractivity contribution in [2.75, 3.05) is 34.0 Å². The molecule has 204 valence electrons. The monoisotopic (exact) mass is 536 g/mol. The number of aromatic nitrogens is 3. The molecular formula is C26H37FN4O5S. The molecule has 9 nitrogen and oxygen atoms in total. The van der Waals surface area contributed by atoms with Gasteiger partial charge in [-0.15, -0.1) is 17.7 Å². The topological polar surface area (TPSA) is 96.7 Å². The Kier molecular flexibility index (Phi) is 16.2. The van der Waals surface area contributed by atoms with Crippen LogP contribution in [0.1, 0.15) is 39.3 Å². The third kappa shape index (κ3) is 12.4. The molecule has 0 atom stereocenters. The number of carbonyl (C=O) groups excluding carboxylic acids is 1. The Balaban J connectivity index is 0.000000580. The van der Waals surface area contributed by atoms with E-state index in [-0.39, 0.29) is 13.2 Å². The van der Waals surface area contributed by atoms with Crippen LogP contribution in [0.3, 0.4) is 0 Å². The number of allylic oxidation sites excluding steroid dienone is 6. The predicted octanol–water partition coefficient (Wildman–Crippen LogP) is 4.53. The lowest BCUT2D eigenvalue weighted by molar-refractivity contribution is -0.160. The lowest BCUT2D eigenvalue weighted by Gasteiger charge is -2.10. The van der Waals surface area contributed by atoms with E-state index in [2.05, 4.69) is 71.0 Å². The number of benzene rings is 1. The second kappa shape index (κ2) is 18.6. The number of carbonyl (C=O) groups is 1. The van der Waals surface area contributed by atoms with Crippen LogP contribution in [0.5, 0.6) is 0 Å². The van der Waals surface area contributed by atoms with E-state index in [1.165, 1.54) is 18.7 Å². The fraction of sp³-hybridized carbons (Fsp3) is 0.423. The van der Waals surface area contributed by atoms with Gasteiger partial charge in [-0.2, -0.15) is 0 Å². The molecule has 37 heavy (non-hydrogen) atoms. The van der Waals surface area contributed by atoms with Crippen molar-refractivity contribution in [2.45, 2.75) is 45.6 Å². The molecule has 0 aliphatic rings. The largest absolute Gasteiger partial charge is 0.377 e. The van der Waals surface area contributed by atoms with Crippen molar-refractivity contribution in [3.05, 3.63) is 70.6 Å². The van der Waals surface area contributed by atoms with Gasteiger partial charge in [-0.05, 0) is 51.5 Å². The van der Waals surface area contributed by atoms with E-state index in [0.717, 1.165) is 11.1 Å². The Hall–Kier alpha value is -2.67. The molecule has 0 aliphatic carbocycles. The average molecular weight is 537 g/mol. The van der Waals surface area contributed by atoms with Gasteiger partial charge in [0.1, 0.15) is 36.8 Å². The van der Waals surface area contributed by atoms with Crippen LogP contribution in [0.4, 0.5) is 4.39 Å². The number of rotatable bonds is 14. The molecule has 0 amide bonds. The van der Waals surface area contributed by atoms with E-state index in [0.29, 0.717) is 48.2 Å². The maximum absolute atomic E-state index is 14.5. The molecule has 0 saturated carbocycles. The van der Waals surface area contributed by atoms with E-state index in [1.807, 2.05) is 13.0 Å². The first-order valence-corrected chi connectivity index (χ1v) is 12.0. The number of halogens is 1. The van der Waals surface area contributed by atoms with Crippen molar-refractivity contribution < 1.29 is 28.3 Å². The van der Waals surface area contributed by atoms with E-state index in [1.54, 1.807) is 23.9 Å². The van der Waals surface area contributed by atoms with Gasteiger partial charge in [0.25, 0.3) is 0 Å². The molecule has 1 aromatic carbocycles. The maximum atomic E-state index is 14.5. The van der Waals surface area contributed by atoms with Gasteiger partial charge < -0.3 is 14.3 Å². The lowest BCUT2D eigenvalue weighted by atomic mass is 10.0. The van der Waals surface area contributed by atoms with Crippen LogP contribution >= 0.6 is 12.6 Å². The smallest absolute Gasteiger partial charge is 0.176 e. The number of hydrogen-bond donors (Lipinski definition) is 2. The number of aldehydes is 1. The zero-order valence-corrected chi connectivity index (χ0v) is 23.2. The summed E-state index contributed by atoms with van der Waals surface area (Å²) in [6.45, 7) is 9.25. The summed E-state index contributed by atoms with van der Waals surface area (Å²) in [6.07, 6.45) is 7.40. The number of nitrogens with one attached hydrogen (secondary N) is 1. The van der Waals surface area contributed by atoms with Crippen molar-refractivity contribution in [1.82, 2.24) is 20.4 Å². The predicted molar refractivity (Wildman–Crippen MR) is 143 cm³/mol. The number of methoxy groups -OCH3 is 1. The summed E-state index contributed by atoms with van der Waals surface area (Å²) in [6, 6.07) is 4.77. The third-order valence-corrected chi connectivity index (χ3v) is 4.91. The van der Waals surface area contributed by atoms with Crippen molar-refractivity contribution >= 4 is 18.9 Å². The maximum Gasteiger partial charge on any atom is 0.176 e. The minimum absolute atomic E-state index is 0.107. The Morgan fingerprint density at radius 3 is 2.57 bits per heavy atom. The van der Waals surface area contributed by atoms with Gasteiger partial charge in [0.2, 0.25) is 0 Å². The normalized spacial score (nSPS) is 11.4. The quantitative estimate of drug-likeness (QED) is 0.120. The summed E-state index contributed by atoms with van der Waals surface area (Å²) in [5.41, 5.74) is 5.94. The molecule has 0 fully saturated rings. The van der Waals surface area contributed by atoms with Gasteiger partial charge in [-0.1, -0.05) is 35.0 Å². The van der Waals surface area contributed by atoms with Crippen molar-refractivity contribution in [3.8, 4) is 5.69 Å². The Labute approximate surface area is 223 Å². The molecule has 0 aliphatic heterocycles. The Bertz CT molecular complexity index is 1070. The van der Waals surface area contributed by atoms with Crippen LogP contribution in [-0.4, -0.2) is 55.1 Å². The first-order chi connectivity index (χ1) is 17.8. The summed E-state index contributed by atoms with van der Waals surface area (Å²) >= 11 is 4.19. The van der Waals surface area contributed by atoms with E-state index >= 15 is 0 Å².